The maximum atomic E-state index is 6.46. The molecule has 0 unspecified atom stereocenters. The highest BCUT2D eigenvalue weighted by molar-refractivity contribution is 6.83. The highest BCUT2D eigenvalue weighted by Gasteiger charge is 2.37. The zero-order valence-electron chi connectivity index (χ0n) is 14.5. The molecule has 0 heterocycles. The molecule has 21 heavy (non-hydrogen) atoms. The van der Waals surface area contributed by atoms with Gasteiger partial charge in [0.25, 0.3) is 0 Å². The molecule has 0 aromatic carbocycles. The van der Waals surface area contributed by atoms with Crippen LogP contribution in [0.2, 0.25) is 31.3 Å². The number of hydrogen-bond acceptors (Lipinski definition) is 0. The third kappa shape index (κ3) is 5.46. The van der Waals surface area contributed by atoms with Crippen molar-refractivity contribution in [3.63, 3.8) is 0 Å². The highest BCUT2D eigenvalue weighted by Crippen LogP contribution is 2.44. The summed E-state index contributed by atoms with van der Waals surface area (Å²) < 4.78 is 0. The number of allylic oxidation sites excluding steroid dienone is 1. The summed E-state index contributed by atoms with van der Waals surface area (Å²) in [5.74, 6) is 2.65. The first kappa shape index (κ1) is 17.7. The number of alkyl halides is 1. The summed E-state index contributed by atoms with van der Waals surface area (Å²) in [6.07, 6.45) is 14.6. The summed E-state index contributed by atoms with van der Waals surface area (Å²) in [4.78, 5) is 0. The molecule has 0 aromatic heterocycles. The molecule has 0 aromatic rings. The molecule has 0 N–H and O–H groups in total. The van der Waals surface area contributed by atoms with Crippen LogP contribution in [-0.2, 0) is 0 Å². The average Bonchev–Trinajstić information content (AvgIpc) is 2.47. The van der Waals surface area contributed by atoms with Crippen LogP contribution in [0, 0.1) is 0 Å². The van der Waals surface area contributed by atoms with E-state index >= 15 is 0 Å². The molecule has 2 aliphatic carbocycles. The molecule has 0 radical (unpaired) electrons. The molecule has 2 fully saturated rings. The van der Waals surface area contributed by atoms with Crippen molar-refractivity contribution < 1.29 is 0 Å². The summed E-state index contributed by atoms with van der Waals surface area (Å²) >= 11 is 6.46. The summed E-state index contributed by atoms with van der Waals surface area (Å²) in [5.41, 5.74) is 4.28. The Morgan fingerprint density at radius 2 is 1.33 bits per heavy atom. The van der Waals surface area contributed by atoms with E-state index in [0.29, 0.717) is 0 Å². The zero-order valence-corrected chi connectivity index (χ0v) is 16.2. The van der Waals surface area contributed by atoms with Gasteiger partial charge in [-0.15, -0.1) is 17.3 Å². The van der Waals surface area contributed by atoms with E-state index < -0.39 is 8.07 Å². The second kappa shape index (κ2) is 8.24. The van der Waals surface area contributed by atoms with Gasteiger partial charge in [0.2, 0.25) is 0 Å². The topological polar surface area (TPSA) is 0 Å². The summed E-state index contributed by atoms with van der Waals surface area (Å²) in [5, 5.41) is 0. The normalized spacial score (nSPS) is 23.3. The Bertz CT molecular complexity index is 318. The first-order chi connectivity index (χ1) is 10.0. The number of rotatable bonds is 5. The Hall–Kier alpha value is 0.312. The summed E-state index contributed by atoms with van der Waals surface area (Å²) in [6, 6.07) is 0. The minimum absolute atomic E-state index is 0.780. The van der Waals surface area contributed by atoms with E-state index in [4.69, 9.17) is 11.6 Å². The second-order valence-electron chi connectivity index (χ2n) is 8.54. The van der Waals surface area contributed by atoms with Crippen LogP contribution >= 0.6 is 11.6 Å². The van der Waals surface area contributed by atoms with E-state index in [1.54, 1.807) is 5.47 Å². The molecule has 0 nitrogen and oxygen atoms in total. The lowest BCUT2D eigenvalue weighted by Crippen LogP contribution is -2.35. The monoisotopic (exact) mass is 324 g/mol. The molecule has 2 rings (SSSR count). The van der Waals surface area contributed by atoms with Gasteiger partial charge in [0.05, 0.1) is 8.07 Å². The van der Waals surface area contributed by atoms with E-state index in [-0.39, 0.29) is 0 Å². The first-order valence-electron chi connectivity index (χ1n) is 9.29. The van der Waals surface area contributed by atoms with E-state index in [2.05, 4.69) is 25.3 Å². The van der Waals surface area contributed by atoms with Crippen molar-refractivity contribution in [2.24, 2.45) is 0 Å². The van der Waals surface area contributed by atoms with Crippen molar-refractivity contribution in [2.75, 3.05) is 5.88 Å². The first-order valence-corrected chi connectivity index (χ1v) is 13.4. The van der Waals surface area contributed by atoms with Crippen molar-refractivity contribution in [3.8, 4) is 0 Å². The molecule has 2 aliphatic rings. The molecule has 0 bridgehead atoms. The van der Waals surface area contributed by atoms with E-state index in [9.17, 15) is 0 Å². The van der Waals surface area contributed by atoms with Crippen molar-refractivity contribution in [1.29, 1.82) is 0 Å². The lowest BCUT2D eigenvalue weighted by atomic mass is 9.27. The van der Waals surface area contributed by atoms with Crippen molar-refractivity contribution in [3.05, 3.63) is 11.2 Å². The van der Waals surface area contributed by atoms with Crippen LogP contribution in [0.1, 0.15) is 64.2 Å². The Balaban J connectivity index is 2.22. The van der Waals surface area contributed by atoms with E-state index in [1.807, 2.05) is 0 Å². The van der Waals surface area contributed by atoms with Crippen LogP contribution in [-0.4, -0.2) is 20.7 Å². The predicted molar refractivity (Wildman–Crippen MR) is 102 cm³/mol. The molecule has 2 saturated carbocycles. The van der Waals surface area contributed by atoms with Gasteiger partial charge in [0.15, 0.2) is 6.71 Å². The summed E-state index contributed by atoms with van der Waals surface area (Å²) in [7, 11) is -1.18. The molecule has 120 valence electrons. The third-order valence-electron chi connectivity index (χ3n) is 5.52. The minimum Gasteiger partial charge on any atom is -0.123 e. The summed E-state index contributed by atoms with van der Waals surface area (Å²) in [6.45, 7) is 8.18. The third-order valence-corrected chi connectivity index (χ3v) is 7.06. The van der Waals surface area contributed by atoms with E-state index in [1.165, 1.54) is 64.2 Å². The average molecular weight is 325 g/mol. The fourth-order valence-corrected chi connectivity index (χ4v) is 6.55. The molecule has 0 aliphatic heterocycles. The molecule has 0 atom stereocenters. The van der Waals surface area contributed by atoms with E-state index in [0.717, 1.165) is 24.2 Å². The Morgan fingerprint density at radius 3 is 1.67 bits per heavy atom. The Morgan fingerprint density at radius 1 is 0.905 bits per heavy atom. The van der Waals surface area contributed by atoms with Crippen molar-refractivity contribution in [2.45, 2.75) is 95.5 Å². The molecule has 3 heteroatoms. The number of hydrogen-bond donors (Lipinski definition) is 0. The van der Waals surface area contributed by atoms with Gasteiger partial charge in [-0.3, -0.25) is 0 Å². The fourth-order valence-electron chi connectivity index (χ4n) is 4.76. The minimum atomic E-state index is -1.18. The Kier molecular flexibility index (Phi) is 6.93. The highest BCUT2D eigenvalue weighted by atomic mass is 35.5. The van der Waals surface area contributed by atoms with Gasteiger partial charge in [0, 0.05) is 5.88 Å². The quantitative estimate of drug-likeness (QED) is 0.388. The Labute approximate surface area is 139 Å². The van der Waals surface area contributed by atoms with Crippen LogP contribution < -0.4 is 0 Å². The molecular weight excluding hydrogens is 291 g/mol. The molecule has 0 spiro atoms. The van der Waals surface area contributed by atoms with Crippen molar-refractivity contribution in [1.82, 2.24) is 0 Å². The smallest absolute Gasteiger partial charge is 0.123 e. The van der Waals surface area contributed by atoms with Crippen molar-refractivity contribution >= 4 is 26.4 Å². The van der Waals surface area contributed by atoms with Gasteiger partial charge >= 0.3 is 0 Å². The maximum absolute atomic E-state index is 6.46. The fraction of sp³-hybridized carbons (Fsp3) is 0.889. The number of halogens is 1. The molecular formula is C18H34BClSi. The molecule has 0 amide bonds. The van der Waals surface area contributed by atoms with Gasteiger partial charge in [-0.2, -0.15) is 0 Å². The largest absolute Gasteiger partial charge is 0.177 e. The lowest BCUT2D eigenvalue weighted by Gasteiger charge is -2.37. The van der Waals surface area contributed by atoms with Gasteiger partial charge < -0.3 is 0 Å². The SMILES string of the molecule is C[Si](C)(C)/C=C(\CCl)B(C1CCCCC1)C1CCCCC1. The molecule has 0 saturated heterocycles. The lowest BCUT2D eigenvalue weighted by molar-refractivity contribution is 0.463. The van der Waals surface area contributed by atoms with Crippen LogP contribution in [0.25, 0.3) is 0 Å². The van der Waals surface area contributed by atoms with Crippen LogP contribution in [0.5, 0.6) is 0 Å². The maximum Gasteiger partial charge on any atom is 0.177 e. The standard InChI is InChI=1S/C18H34BClSi/c1-21(2,3)15-18(14-20)19(16-10-6-4-7-11-16)17-12-8-5-9-13-17/h15-17H,4-14H2,1-3H3/b18-15+. The predicted octanol–water partition coefficient (Wildman–Crippen LogP) is 6.73. The zero-order chi connectivity index (χ0) is 15.3. The van der Waals surface area contributed by atoms with Crippen LogP contribution in [0.15, 0.2) is 11.2 Å². The van der Waals surface area contributed by atoms with Gasteiger partial charge in [-0.25, -0.2) is 0 Å². The van der Waals surface area contributed by atoms with Crippen LogP contribution in [0.4, 0.5) is 0 Å². The van der Waals surface area contributed by atoms with Gasteiger partial charge in [-0.1, -0.05) is 101 Å². The van der Waals surface area contributed by atoms with Gasteiger partial charge in [-0.05, 0) is 0 Å². The second-order valence-corrected chi connectivity index (χ2v) is 13.8. The van der Waals surface area contributed by atoms with Gasteiger partial charge in [0.1, 0.15) is 0 Å². The van der Waals surface area contributed by atoms with Crippen LogP contribution in [0.3, 0.4) is 0 Å².